The van der Waals surface area contributed by atoms with Crippen molar-refractivity contribution in [2.24, 2.45) is 0 Å². The minimum atomic E-state index is 0.591. The normalized spacial score (nSPS) is 11.8. The van der Waals surface area contributed by atoms with E-state index < -0.39 is 0 Å². The summed E-state index contributed by atoms with van der Waals surface area (Å²) in [4.78, 5) is 58.9. The molecular weight excluding hydrogens is 1830 g/mol. The number of hydrogen-bond donors (Lipinski definition) is 0. The van der Waals surface area contributed by atoms with Crippen molar-refractivity contribution in [3.8, 4) is 136 Å². The van der Waals surface area contributed by atoms with Crippen LogP contribution < -0.4 is 0 Å². The number of furan rings is 3. The fourth-order valence-corrected chi connectivity index (χ4v) is 23.9. The van der Waals surface area contributed by atoms with Gasteiger partial charge < -0.3 is 13.3 Å². The number of hydrogen-bond acceptors (Lipinski definition) is 18. The van der Waals surface area contributed by atoms with Crippen LogP contribution in [0.2, 0.25) is 0 Å². The van der Waals surface area contributed by atoms with E-state index in [-0.39, 0.29) is 0 Å². The highest BCUT2D eigenvalue weighted by Gasteiger charge is 2.29. The smallest absolute Gasteiger partial charge is 0.164 e. The van der Waals surface area contributed by atoms with Crippen molar-refractivity contribution in [3.05, 3.63) is 437 Å². The highest BCUT2D eigenvalue weighted by atomic mass is 32.1. The average Bonchev–Trinajstić information content (AvgIpc) is 1.57. The van der Waals surface area contributed by atoms with Crippen molar-refractivity contribution < 1.29 is 13.3 Å². The second kappa shape index (κ2) is 34.7. The van der Waals surface area contributed by atoms with Crippen LogP contribution in [-0.4, -0.2) is 59.8 Å². The van der Waals surface area contributed by atoms with Crippen LogP contribution in [0, 0.1) is 0 Å². The molecule has 30 aromatic rings. The largest absolute Gasteiger partial charge is 0.455 e. The van der Waals surface area contributed by atoms with Crippen molar-refractivity contribution in [2.75, 3.05) is 0 Å². The maximum absolute atomic E-state index is 6.87. The molecule has 18 heteroatoms. The van der Waals surface area contributed by atoms with Gasteiger partial charge in [-0.05, 0) is 114 Å². The number of rotatable bonds is 12. The van der Waals surface area contributed by atoms with Crippen molar-refractivity contribution in [2.45, 2.75) is 0 Å². The standard InChI is InChI=1S/3C42H24N4OS/c1-3-11-25(12-4-1)40-44-41(26-13-5-2-6-14-26)46-42(45-40)32-21-20-29(31-18-9-17-30-28-16-7-8-19-36(28)48-39(30)31)38-37(32)33-23-27-15-10-22-43-34(27)24-35(33)47-38;1-3-10-25(11-4-1)40-44-41(26-12-5-2-6-13-26)46-42(45-40)33-19-18-30(32-16-9-15-31-29-14-7-8-17-36(29)48-39(31)32)38-37(33)34-22-28-24-43-21-20-27(28)23-35(34)47-38;1-3-10-25(11-4-1)40-44-41(26-12-5-2-6-13-26)46-42(45-40)33-19-18-30(32-16-9-15-31-29-14-7-8-17-36(29)48-39(31)32)38-37(33)34-22-27-20-21-43-24-28(27)23-35(34)47-38/h3*1-24H. The first-order chi connectivity index (χ1) is 71.3. The number of nitrogens with zero attached hydrogens (tertiary/aromatic N) is 12. The molecule has 0 N–H and O–H groups in total. The van der Waals surface area contributed by atoms with Crippen LogP contribution >= 0.6 is 34.0 Å². The Bertz CT molecular complexity index is 9290. The van der Waals surface area contributed by atoms with Gasteiger partial charge >= 0.3 is 0 Å². The number of pyridine rings is 3. The molecule has 0 bridgehead atoms. The number of benzene rings is 18. The molecule has 12 aromatic heterocycles. The molecular formula is C126H72N12O3S3. The Morgan fingerprint density at radius 1 is 0.181 bits per heavy atom. The minimum absolute atomic E-state index is 0.591. The Morgan fingerprint density at radius 2 is 0.458 bits per heavy atom. The van der Waals surface area contributed by atoms with E-state index in [9.17, 15) is 0 Å². The number of thiophene rings is 3. The van der Waals surface area contributed by atoms with Gasteiger partial charge in [0.1, 0.15) is 33.5 Å². The molecule has 0 unspecified atom stereocenters. The molecule has 18 aromatic carbocycles. The molecule has 144 heavy (non-hydrogen) atoms. The first kappa shape index (κ1) is 83.4. The van der Waals surface area contributed by atoms with Gasteiger partial charge in [0.25, 0.3) is 0 Å². The Hall–Kier alpha value is -18.7. The predicted molar refractivity (Wildman–Crippen MR) is 591 cm³/mol. The van der Waals surface area contributed by atoms with Crippen molar-refractivity contribution in [3.63, 3.8) is 0 Å². The van der Waals surface area contributed by atoms with E-state index in [1.54, 1.807) is 0 Å². The molecule has 15 nitrogen and oxygen atoms in total. The van der Waals surface area contributed by atoms with Crippen LogP contribution in [0.25, 0.3) is 295 Å². The Kier molecular flexibility index (Phi) is 20.1. The van der Waals surface area contributed by atoms with E-state index in [0.29, 0.717) is 52.4 Å². The van der Waals surface area contributed by atoms with Gasteiger partial charge in [0, 0.05) is 229 Å². The summed E-state index contributed by atoms with van der Waals surface area (Å²) >= 11 is 5.45. The second-order valence-electron chi connectivity index (χ2n) is 35.5. The van der Waals surface area contributed by atoms with E-state index in [1.165, 1.54) is 60.5 Å². The van der Waals surface area contributed by atoms with Gasteiger partial charge in [0.05, 0.1) is 5.52 Å². The van der Waals surface area contributed by atoms with Crippen LogP contribution in [0.4, 0.5) is 0 Å². The summed E-state index contributed by atoms with van der Waals surface area (Å²) in [5.74, 6) is 5.50. The SMILES string of the molecule is c1ccc(-c2nc(-c3ccccc3)nc(-c3ccc(-c4cccc5c4sc4ccccc45)c4oc5cc6ccncc6cc5c34)n2)cc1.c1ccc(-c2nc(-c3ccccc3)nc(-c3ccc(-c4cccc5c4sc4ccccc45)c4oc5cc6cnccc6cc5c34)n2)cc1.c1ccc(-c2nc(-c3ccccc3)nc(-c3ccc(-c4cccc5c4sc4ccccc45)c4oc5cc6ncccc6cc5c34)n2)cc1. The molecule has 0 atom stereocenters. The average molecular weight is 1900 g/mol. The minimum Gasteiger partial charge on any atom is -0.455 e. The molecule has 0 radical (unpaired) electrons. The third kappa shape index (κ3) is 14.5. The lowest BCUT2D eigenvalue weighted by Crippen LogP contribution is -2.00. The summed E-state index contributed by atoms with van der Waals surface area (Å²) in [6, 6.07) is 140. The molecule has 672 valence electrons. The molecule has 12 heterocycles. The quantitative estimate of drug-likeness (QED) is 0.112. The molecule has 0 aliphatic carbocycles. The lowest BCUT2D eigenvalue weighted by atomic mass is 9.96. The third-order valence-corrected chi connectivity index (χ3v) is 30.7. The van der Waals surface area contributed by atoms with Gasteiger partial charge in [-0.1, -0.05) is 297 Å². The summed E-state index contributed by atoms with van der Waals surface area (Å²) in [6.07, 6.45) is 9.24. The monoisotopic (exact) mass is 1900 g/mol. The van der Waals surface area contributed by atoms with Gasteiger partial charge in [0.2, 0.25) is 0 Å². The molecule has 0 aliphatic heterocycles. The molecule has 0 fully saturated rings. The highest BCUT2D eigenvalue weighted by molar-refractivity contribution is 7.27. The summed E-state index contributed by atoms with van der Waals surface area (Å²) < 4.78 is 28.1. The van der Waals surface area contributed by atoms with Crippen LogP contribution in [0.5, 0.6) is 0 Å². The fourth-order valence-electron chi connectivity index (χ4n) is 20.2. The number of fused-ring (bicyclic) bond motifs is 21. The van der Waals surface area contributed by atoms with Crippen molar-refractivity contribution in [1.82, 2.24) is 59.8 Å². The van der Waals surface area contributed by atoms with Crippen molar-refractivity contribution in [1.29, 1.82) is 0 Å². The lowest BCUT2D eigenvalue weighted by molar-refractivity contribution is 0.670. The summed E-state index contributed by atoms with van der Waals surface area (Å²) in [5.41, 5.74) is 20.4. The van der Waals surface area contributed by atoms with E-state index >= 15 is 0 Å². The highest BCUT2D eigenvalue weighted by Crippen LogP contribution is 2.52. The Labute approximate surface area is 832 Å². The summed E-state index contributed by atoms with van der Waals surface area (Å²) in [5, 5.41) is 18.7. The maximum atomic E-state index is 6.87. The fraction of sp³-hybridized carbons (Fsp3) is 0. The van der Waals surface area contributed by atoms with Crippen LogP contribution in [-0.2, 0) is 0 Å². The number of aromatic nitrogens is 12. The summed E-state index contributed by atoms with van der Waals surface area (Å²) in [6.45, 7) is 0. The van der Waals surface area contributed by atoms with Gasteiger partial charge in [-0.3, -0.25) is 15.0 Å². The van der Waals surface area contributed by atoms with E-state index in [0.717, 1.165) is 182 Å². The van der Waals surface area contributed by atoms with Crippen LogP contribution in [0.15, 0.2) is 451 Å². The molecule has 0 saturated heterocycles. The third-order valence-electron chi connectivity index (χ3n) is 27.0. The molecule has 0 spiro atoms. The zero-order chi connectivity index (χ0) is 94.8. The van der Waals surface area contributed by atoms with Crippen LogP contribution in [0.3, 0.4) is 0 Å². The van der Waals surface area contributed by atoms with E-state index in [4.69, 9.17) is 58.1 Å². The molecule has 0 aliphatic rings. The van der Waals surface area contributed by atoms with Crippen LogP contribution in [0.1, 0.15) is 0 Å². The predicted octanol–water partition coefficient (Wildman–Crippen LogP) is 34.1. The van der Waals surface area contributed by atoms with E-state index in [2.05, 4.69) is 215 Å². The first-order valence-corrected chi connectivity index (χ1v) is 49.8. The van der Waals surface area contributed by atoms with Gasteiger partial charge in [-0.25, -0.2) is 44.9 Å². The molecule has 30 rings (SSSR count). The summed E-state index contributed by atoms with van der Waals surface area (Å²) in [7, 11) is 0. The topological polar surface area (TPSA) is 194 Å². The second-order valence-corrected chi connectivity index (χ2v) is 38.7. The zero-order valence-electron chi connectivity index (χ0n) is 76.4. The van der Waals surface area contributed by atoms with Gasteiger partial charge in [-0.2, -0.15) is 0 Å². The Morgan fingerprint density at radius 3 is 0.812 bits per heavy atom. The molecule has 0 saturated carbocycles. The first-order valence-electron chi connectivity index (χ1n) is 47.4. The Balaban J connectivity index is 0.000000105. The molecule has 0 amide bonds. The van der Waals surface area contributed by atoms with Gasteiger partial charge in [-0.15, -0.1) is 34.0 Å². The van der Waals surface area contributed by atoms with E-state index in [1.807, 2.05) is 271 Å². The van der Waals surface area contributed by atoms with Gasteiger partial charge in [0.15, 0.2) is 52.4 Å². The zero-order valence-corrected chi connectivity index (χ0v) is 78.8. The van der Waals surface area contributed by atoms with Crippen molar-refractivity contribution >= 4 is 193 Å². The lowest BCUT2D eigenvalue weighted by Gasteiger charge is -2.11. The maximum Gasteiger partial charge on any atom is 0.164 e.